The zero-order chi connectivity index (χ0) is 13.9. The SMILES string of the molecule is CCCCN=C(NCC)NCCc1ccncc1C.I. The predicted octanol–water partition coefficient (Wildman–Crippen LogP) is 2.91. The van der Waals surface area contributed by atoms with Crippen molar-refractivity contribution in [1.82, 2.24) is 15.6 Å². The Morgan fingerprint density at radius 1 is 1.30 bits per heavy atom. The summed E-state index contributed by atoms with van der Waals surface area (Å²) < 4.78 is 0. The molecule has 0 saturated carbocycles. The molecule has 0 atom stereocenters. The van der Waals surface area contributed by atoms with E-state index >= 15 is 0 Å². The van der Waals surface area contributed by atoms with Crippen LogP contribution < -0.4 is 10.6 Å². The third kappa shape index (κ3) is 7.67. The molecule has 1 aromatic rings. The molecule has 0 saturated heterocycles. The number of rotatable bonds is 7. The summed E-state index contributed by atoms with van der Waals surface area (Å²) in [6, 6.07) is 2.08. The number of aryl methyl sites for hydroxylation is 1. The number of unbranched alkanes of at least 4 members (excludes halogenated alkanes) is 1. The molecule has 1 rings (SSSR count). The van der Waals surface area contributed by atoms with E-state index in [1.807, 2.05) is 12.4 Å². The summed E-state index contributed by atoms with van der Waals surface area (Å²) in [7, 11) is 0. The highest BCUT2D eigenvalue weighted by Gasteiger charge is 1.99. The van der Waals surface area contributed by atoms with Gasteiger partial charge >= 0.3 is 0 Å². The van der Waals surface area contributed by atoms with Gasteiger partial charge in [0.25, 0.3) is 0 Å². The van der Waals surface area contributed by atoms with Crippen molar-refractivity contribution in [2.24, 2.45) is 4.99 Å². The molecule has 0 radical (unpaired) electrons. The Balaban J connectivity index is 0.00000361. The second-order valence-corrected chi connectivity index (χ2v) is 4.59. The number of nitrogens with zero attached hydrogens (tertiary/aromatic N) is 2. The first-order valence-corrected chi connectivity index (χ1v) is 7.19. The van der Waals surface area contributed by atoms with Gasteiger partial charge in [-0.2, -0.15) is 0 Å². The Hall–Kier alpha value is -0.850. The Morgan fingerprint density at radius 2 is 2.10 bits per heavy atom. The van der Waals surface area contributed by atoms with Crippen molar-refractivity contribution in [2.75, 3.05) is 19.6 Å². The first kappa shape index (κ1) is 19.1. The van der Waals surface area contributed by atoms with Crippen LogP contribution in [0.2, 0.25) is 0 Å². The van der Waals surface area contributed by atoms with Gasteiger partial charge in [0.2, 0.25) is 0 Å². The molecule has 4 nitrogen and oxygen atoms in total. The largest absolute Gasteiger partial charge is 0.357 e. The normalized spacial score (nSPS) is 10.8. The number of aromatic nitrogens is 1. The molecule has 0 bridgehead atoms. The summed E-state index contributed by atoms with van der Waals surface area (Å²) in [5.41, 5.74) is 2.59. The predicted molar refractivity (Wildman–Crippen MR) is 97.0 cm³/mol. The van der Waals surface area contributed by atoms with Crippen LogP contribution in [0.4, 0.5) is 0 Å². The fourth-order valence-corrected chi connectivity index (χ4v) is 1.79. The minimum atomic E-state index is 0. The summed E-state index contributed by atoms with van der Waals surface area (Å²) in [6.45, 7) is 9.05. The lowest BCUT2D eigenvalue weighted by Crippen LogP contribution is -2.38. The van der Waals surface area contributed by atoms with Gasteiger partial charge in [-0.1, -0.05) is 13.3 Å². The number of pyridine rings is 1. The number of aliphatic imine (C=N–C) groups is 1. The summed E-state index contributed by atoms with van der Waals surface area (Å²) in [5, 5.41) is 6.64. The molecule has 0 spiro atoms. The van der Waals surface area contributed by atoms with Crippen LogP contribution in [0.1, 0.15) is 37.8 Å². The molecule has 0 aliphatic heterocycles. The molecule has 0 amide bonds. The maximum Gasteiger partial charge on any atom is 0.191 e. The van der Waals surface area contributed by atoms with E-state index in [1.165, 1.54) is 17.5 Å². The summed E-state index contributed by atoms with van der Waals surface area (Å²) in [4.78, 5) is 8.65. The highest BCUT2D eigenvalue weighted by atomic mass is 127. The molecular formula is C15H27IN4. The van der Waals surface area contributed by atoms with Crippen molar-refractivity contribution in [3.63, 3.8) is 0 Å². The van der Waals surface area contributed by atoms with Crippen molar-refractivity contribution in [2.45, 2.75) is 40.0 Å². The zero-order valence-corrected chi connectivity index (χ0v) is 15.1. The molecule has 0 unspecified atom stereocenters. The molecule has 2 N–H and O–H groups in total. The van der Waals surface area contributed by atoms with Crippen molar-refractivity contribution in [1.29, 1.82) is 0 Å². The van der Waals surface area contributed by atoms with Crippen LogP contribution in [-0.4, -0.2) is 30.6 Å². The van der Waals surface area contributed by atoms with Gasteiger partial charge in [0, 0.05) is 32.0 Å². The average molecular weight is 390 g/mol. The molecule has 114 valence electrons. The van der Waals surface area contributed by atoms with E-state index in [-0.39, 0.29) is 24.0 Å². The molecule has 5 heteroatoms. The Morgan fingerprint density at radius 3 is 2.75 bits per heavy atom. The lowest BCUT2D eigenvalue weighted by atomic mass is 10.1. The maximum atomic E-state index is 4.54. The molecule has 1 heterocycles. The van der Waals surface area contributed by atoms with E-state index in [9.17, 15) is 0 Å². The van der Waals surface area contributed by atoms with Crippen molar-refractivity contribution in [3.8, 4) is 0 Å². The second kappa shape index (κ2) is 11.9. The lowest BCUT2D eigenvalue weighted by Gasteiger charge is -2.11. The third-order valence-corrected chi connectivity index (χ3v) is 2.95. The van der Waals surface area contributed by atoms with E-state index in [2.05, 4.69) is 47.4 Å². The quantitative estimate of drug-likeness (QED) is 0.326. The molecule has 0 aliphatic rings. The minimum absolute atomic E-state index is 0. The number of nitrogens with one attached hydrogen (secondary N) is 2. The standard InChI is InChI=1S/C15H26N4.HI/c1-4-6-9-18-15(17-5-2)19-11-8-14-7-10-16-12-13(14)3;/h7,10,12H,4-6,8-9,11H2,1-3H3,(H2,17,18,19);1H. The number of hydrogen-bond acceptors (Lipinski definition) is 2. The van der Waals surface area contributed by atoms with Gasteiger partial charge in [0.05, 0.1) is 0 Å². The first-order chi connectivity index (χ1) is 9.27. The van der Waals surface area contributed by atoms with Gasteiger partial charge in [0.1, 0.15) is 0 Å². The van der Waals surface area contributed by atoms with E-state index in [0.717, 1.165) is 38.4 Å². The van der Waals surface area contributed by atoms with Gasteiger partial charge in [-0.3, -0.25) is 9.98 Å². The van der Waals surface area contributed by atoms with E-state index in [1.54, 1.807) is 0 Å². The molecule has 0 aliphatic carbocycles. The Labute approximate surface area is 139 Å². The second-order valence-electron chi connectivity index (χ2n) is 4.59. The van der Waals surface area contributed by atoms with Crippen LogP contribution in [-0.2, 0) is 6.42 Å². The van der Waals surface area contributed by atoms with E-state index in [0.29, 0.717) is 0 Å². The molecule has 1 aromatic heterocycles. The maximum absolute atomic E-state index is 4.54. The molecule has 20 heavy (non-hydrogen) atoms. The van der Waals surface area contributed by atoms with E-state index in [4.69, 9.17) is 0 Å². The monoisotopic (exact) mass is 390 g/mol. The Bertz CT molecular complexity index is 393. The molecule has 0 fully saturated rings. The highest BCUT2D eigenvalue weighted by Crippen LogP contribution is 2.04. The van der Waals surface area contributed by atoms with Crippen molar-refractivity contribution >= 4 is 29.9 Å². The zero-order valence-electron chi connectivity index (χ0n) is 12.8. The first-order valence-electron chi connectivity index (χ1n) is 7.19. The topological polar surface area (TPSA) is 49.3 Å². The number of hydrogen-bond donors (Lipinski definition) is 2. The smallest absolute Gasteiger partial charge is 0.191 e. The van der Waals surface area contributed by atoms with Crippen molar-refractivity contribution < 1.29 is 0 Å². The molecular weight excluding hydrogens is 363 g/mol. The van der Waals surface area contributed by atoms with Crippen LogP contribution in [0.3, 0.4) is 0 Å². The van der Waals surface area contributed by atoms with Gasteiger partial charge in [-0.05, 0) is 43.9 Å². The number of halogens is 1. The van der Waals surface area contributed by atoms with Crippen LogP contribution in [0, 0.1) is 6.92 Å². The van der Waals surface area contributed by atoms with E-state index < -0.39 is 0 Å². The van der Waals surface area contributed by atoms with Gasteiger partial charge < -0.3 is 10.6 Å². The van der Waals surface area contributed by atoms with Crippen LogP contribution in [0.15, 0.2) is 23.5 Å². The Kier molecular flexibility index (Phi) is 11.4. The van der Waals surface area contributed by atoms with Crippen LogP contribution >= 0.6 is 24.0 Å². The van der Waals surface area contributed by atoms with Crippen LogP contribution in [0.25, 0.3) is 0 Å². The lowest BCUT2D eigenvalue weighted by molar-refractivity contribution is 0.766. The van der Waals surface area contributed by atoms with Crippen molar-refractivity contribution in [3.05, 3.63) is 29.6 Å². The van der Waals surface area contributed by atoms with Gasteiger partial charge in [-0.15, -0.1) is 24.0 Å². The summed E-state index contributed by atoms with van der Waals surface area (Å²) in [6.07, 6.45) is 7.07. The third-order valence-electron chi connectivity index (χ3n) is 2.95. The minimum Gasteiger partial charge on any atom is -0.357 e. The van der Waals surface area contributed by atoms with Gasteiger partial charge in [0.15, 0.2) is 5.96 Å². The fraction of sp³-hybridized carbons (Fsp3) is 0.600. The highest BCUT2D eigenvalue weighted by molar-refractivity contribution is 14.0. The van der Waals surface area contributed by atoms with Crippen LogP contribution in [0.5, 0.6) is 0 Å². The fourth-order valence-electron chi connectivity index (χ4n) is 1.79. The molecule has 0 aromatic carbocycles. The summed E-state index contributed by atoms with van der Waals surface area (Å²) >= 11 is 0. The average Bonchev–Trinajstić information content (AvgIpc) is 2.41. The number of guanidine groups is 1. The summed E-state index contributed by atoms with van der Waals surface area (Å²) in [5.74, 6) is 0.919. The van der Waals surface area contributed by atoms with Gasteiger partial charge in [-0.25, -0.2) is 0 Å².